The van der Waals surface area contributed by atoms with E-state index in [1.165, 1.54) is 12.8 Å². The minimum atomic E-state index is -0.399. The lowest BCUT2D eigenvalue weighted by Crippen LogP contribution is -2.58. The van der Waals surface area contributed by atoms with Gasteiger partial charge in [0.2, 0.25) is 0 Å². The fraction of sp³-hybridized carbons (Fsp3) is 0.536. The molecule has 5 nitrogen and oxygen atoms in total. The predicted octanol–water partition coefficient (Wildman–Crippen LogP) is 5.83. The van der Waals surface area contributed by atoms with E-state index in [9.17, 15) is 5.11 Å². The number of aliphatic hydroxyl groups excluding tert-OH is 1. The number of fused-ring (bicyclic) bond motifs is 4. The Kier molecular flexibility index (Phi) is 7.27. The number of rotatable bonds is 5. The smallest absolute Gasteiger partial charge is 0.177 e. The highest BCUT2D eigenvalue weighted by Crippen LogP contribution is 2.45. The second-order valence-corrected chi connectivity index (χ2v) is 11.2. The van der Waals surface area contributed by atoms with Crippen LogP contribution in [0.4, 0.5) is 11.4 Å². The topological polar surface area (TPSA) is 48.0 Å². The Balaban J connectivity index is 1.40. The zero-order valence-corrected chi connectivity index (χ0v) is 22.4. The van der Waals surface area contributed by atoms with Crippen LogP contribution in [0.25, 0.3) is 0 Å². The summed E-state index contributed by atoms with van der Waals surface area (Å²) >= 11 is 12.0. The first-order chi connectivity index (χ1) is 16.9. The number of hydrogen-bond donors (Lipinski definition) is 2. The monoisotopic (exact) mass is 513 g/mol. The number of anilines is 2. The molecule has 6 rings (SSSR count). The number of methoxy groups -OCH3 is 1. The largest absolute Gasteiger partial charge is 0.497 e. The van der Waals surface area contributed by atoms with Crippen LogP contribution in [0.3, 0.4) is 0 Å². The molecule has 0 aliphatic carbocycles. The molecular weight excluding hydrogens is 478 g/mol. The van der Waals surface area contributed by atoms with E-state index in [-0.39, 0.29) is 12.0 Å². The lowest BCUT2D eigenvalue weighted by Gasteiger charge is -2.53. The van der Waals surface area contributed by atoms with Crippen molar-refractivity contribution in [3.05, 3.63) is 52.5 Å². The summed E-state index contributed by atoms with van der Waals surface area (Å²) in [6.07, 6.45) is 4.06. The molecule has 4 heterocycles. The summed E-state index contributed by atoms with van der Waals surface area (Å²) < 4.78 is 5.58. The average Bonchev–Trinajstić information content (AvgIpc) is 2.88. The number of hydrogen-bond acceptors (Lipinski definition) is 4. The van der Waals surface area contributed by atoms with E-state index in [2.05, 4.69) is 34.2 Å². The summed E-state index contributed by atoms with van der Waals surface area (Å²) in [5.41, 5.74) is 4.17. The molecule has 0 spiro atoms. The van der Waals surface area contributed by atoms with Gasteiger partial charge in [-0.3, -0.25) is 4.90 Å². The molecule has 6 atom stereocenters. The van der Waals surface area contributed by atoms with Gasteiger partial charge in [-0.25, -0.2) is 0 Å². The number of nitrogens with zero attached hydrogens (tertiary/aromatic N) is 2. The van der Waals surface area contributed by atoms with Gasteiger partial charge in [-0.15, -0.1) is 0 Å². The van der Waals surface area contributed by atoms with Gasteiger partial charge < -0.3 is 20.1 Å². The summed E-state index contributed by atoms with van der Waals surface area (Å²) in [5, 5.41) is 16.5. The maximum Gasteiger partial charge on any atom is 0.177 e. The Morgan fingerprint density at radius 3 is 2.74 bits per heavy atom. The molecule has 35 heavy (non-hydrogen) atoms. The van der Waals surface area contributed by atoms with Crippen molar-refractivity contribution < 1.29 is 9.84 Å². The van der Waals surface area contributed by atoms with E-state index >= 15 is 0 Å². The second kappa shape index (κ2) is 10.3. The molecule has 2 aromatic rings. The minimum Gasteiger partial charge on any atom is -0.497 e. The molecule has 6 unspecified atom stereocenters. The quantitative estimate of drug-likeness (QED) is 0.490. The molecule has 0 aromatic heterocycles. The Morgan fingerprint density at radius 2 is 2.06 bits per heavy atom. The molecule has 0 radical (unpaired) electrons. The molecule has 0 saturated carbocycles. The minimum absolute atomic E-state index is 0.0563. The van der Waals surface area contributed by atoms with Crippen molar-refractivity contribution in [3.63, 3.8) is 0 Å². The van der Waals surface area contributed by atoms with Crippen LogP contribution in [0, 0.1) is 18.8 Å². The van der Waals surface area contributed by atoms with Crippen molar-refractivity contribution in [2.75, 3.05) is 37.0 Å². The molecule has 3 saturated heterocycles. The lowest BCUT2D eigenvalue weighted by atomic mass is 9.70. The van der Waals surface area contributed by atoms with Crippen molar-refractivity contribution in [2.24, 2.45) is 11.8 Å². The van der Waals surface area contributed by atoms with Gasteiger partial charge in [0.1, 0.15) is 5.75 Å². The van der Waals surface area contributed by atoms with Crippen LogP contribution in [0.5, 0.6) is 5.75 Å². The number of nitrogens with one attached hydrogen (secondary N) is 1. The molecule has 2 N–H and O–H groups in total. The van der Waals surface area contributed by atoms with Gasteiger partial charge in [-0.2, -0.15) is 0 Å². The third kappa shape index (κ3) is 4.78. The van der Waals surface area contributed by atoms with Crippen LogP contribution in [-0.2, 0) is 0 Å². The van der Waals surface area contributed by atoms with E-state index in [4.69, 9.17) is 28.6 Å². The van der Waals surface area contributed by atoms with E-state index in [0.717, 1.165) is 72.6 Å². The Hall–Kier alpha value is -1.86. The number of thiocarbonyl (C=S) groups is 1. The zero-order valence-electron chi connectivity index (χ0n) is 20.8. The fourth-order valence-corrected chi connectivity index (χ4v) is 7.05. The molecule has 4 aliphatic heterocycles. The number of aryl methyl sites for hydroxylation is 1. The molecule has 2 bridgehead atoms. The van der Waals surface area contributed by atoms with Crippen LogP contribution in [0.15, 0.2) is 36.4 Å². The third-order valence-electron chi connectivity index (χ3n) is 8.53. The number of ether oxygens (including phenoxy) is 1. The van der Waals surface area contributed by atoms with E-state index < -0.39 is 6.10 Å². The van der Waals surface area contributed by atoms with Crippen molar-refractivity contribution in [1.29, 1.82) is 0 Å². The predicted molar refractivity (Wildman–Crippen MR) is 148 cm³/mol. The van der Waals surface area contributed by atoms with Crippen LogP contribution < -0.4 is 15.0 Å². The highest BCUT2D eigenvalue weighted by Gasteiger charge is 2.45. The SMILES string of the molecule is CCC1CN2CCC1CC2C(O)C1CCN(C(=S)Nc2ccc(Cl)cc2C)c2ccc(OC)cc21. The summed E-state index contributed by atoms with van der Waals surface area (Å²) in [7, 11) is 1.69. The van der Waals surface area contributed by atoms with Crippen LogP contribution in [0.2, 0.25) is 5.02 Å². The van der Waals surface area contributed by atoms with E-state index in [1.807, 2.05) is 31.2 Å². The maximum absolute atomic E-state index is 11.8. The second-order valence-electron chi connectivity index (χ2n) is 10.4. The standard InChI is InChI=1S/C28H36ClN3O2S/c1-4-18-16-31-11-9-19(18)14-26(31)27(33)22-10-12-32(25-8-6-21(34-3)15-23(22)25)28(35)30-24-7-5-20(29)13-17(24)2/h5-8,13,15,18-19,22,26-27,33H,4,9-12,14,16H2,1-3H3,(H,30,35). The molecule has 0 amide bonds. The lowest BCUT2D eigenvalue weighted by molar-refractivity contribution is -0.0640. The number of benzene rings is 2. The highest BCUT2D eigenvalue weighted by molar-refractivity contribution is 7.80. The van der Waals surface area contributed by atoms with Gasteiger partial charge in [-0.1, -0.05) is 24.9 Å². The zero-order chi connectivity index (χ0) is 24.7. The van der Waals surface area contributed by atoms with Gasteiger partial charge in [0.25, 0.3) is 0 Å². The molecular formula is C28H36ClN3O2S. The summed E-state index contributed by atoms with van der Waals surface area (Å²) in [6.45, 7) is 7.32. The average molecular weight is 514 g/mol. The summed E-state index contributed by atoms with van der Waals surface area (Å²) in [4.78, 5) is 4.71. The molecule has 3 fully saturated rings. The number of halogens is 1. The first-order valence-electron chi connectivity index (χ1n) is 12.8. The van der Waals surface area contributed by atoms with E-state index in [0.29, 0.717) is 10.1 Å². The van der Waals surface area contributed by atoms with Crippen molar-refractivity contribution in [2.45, 2.75) is 57.6 Å². The number of aliphatic hydroxyl groups is 1. The van der Waals surface area contributed by atoms with Gasteiger partial charge >= 0.3 is 0 Å². The first kappa shape index (κ1) is 24.8. The van der Waals surface area contributed by atoms with Gasteiger partial charge in [0, 0.05) is 41.4 Å². The van der Waals surface area contributed by atoms with Crippen molar-refractivity contribution in [3.8, 4) is 5.75 Å². The van der Waals surface area contributed by atoms with Crippen LogP contribution in [-0.4, -0.2) is 54.0 Å². The molecule has 7 heteroatoms. The number of piperidine rings is 3. The van der Waals surface area contributed by atoms with Crippen molar-refractivity contribution >= 4 is 40.3 Å². The maximum atomic E-state index is 11.8. The third-order valence-corrected chi connectivity index (χ3v) is 9.09. The van der Waals surface area contributed by atoms with E-state index in [1.54, 1.807) is 7.11 Å². The van der Waals surface area contributed by atoms with Crippen molar-refractivity contribution in [1.82, 2.24) is 4.90 Å². The Bertz CT molecular complexity index is 1100. The molecule has 188 valence electrons. The summed E-state index contributed by atoms with van der Waals surface area (Å²) in [5.74, 6) is 2.39. The Morgan fingerprint density at radius 1 is 1.23 bits per heavy atom. The molecule has 4 aliphatic rings. The van der Waals surface area contributed by atoms with Gasteiger partial charge in [0.15, 0.2) is 5.11 Å². The Labute approximate surface area is 219 Å². The van der Waals surface area contributed by atoms with Crippen LogP contribution >= 0.6 is 23.8 Å². The van der Waals surface area contributed by atoms with Crippen LogP contribution in [0.1, 0.15) is 49.7 Å². The molecule has 2 aromatic carbocycles. The first-order valence-corrected chi connectivity index (χ1v) is 13.6. The van der Waals surface area contributed by atoms with Gasteiger partial charge in [0.05, 0.1) is 13.2 Å². The highest BCUT2D eigenvalue weighted by atomic mass is 35.5. The van der Waals surface area contributed by atoms with Gasteiger partial charge in [-0.05, 0) is 104 Å². The summed E-state index contributed by atoms with van der Waals surface area (Å²) in [6, 6.07) is 12.2. The normalized spacial score (nSPS) is 28.4. The fourth-order valence-electron chi connectivity index (χ4n) is 6.53.